The van der Waals surface area contributed by atoms with Gasteiger partial charge in [0.2, 0.25) is 5.91 Å². The first-order valence-electron chi connectivity index (χ1n) is 9.44. The number of hydrogen-bond donors (Lipinski definition) is 1. The summed E-state index contributed by atoms with van der Waals surface area (Å²) in [6.45, 7) is 2.01. The Bertz CT molecular complexity index is 1050. The zero-order valence-electron chi connectivity index (χ0n) is 15.4. The van der Waals surface area contributed by atoms with Crippen LogP contribution in [0.3, 0.4) is 0 Å². The van der Waals surface area contributed by atoms with Gasteiger partial charge in [0.15, 0.2) is 11.5 Å². The van der Waals surface area contributed by atoms with E-state index in [0.717, 1.165) is 28.9 Å². The van der Waals surface area contributed by atoms with Crippen molar-refractivity contribution in [3.05, 3.63) is 47.0 Å². The number of anilines is 1. The van der Waals surface area contributed by atoms with Gasteiger partial charge in [0.1, 0.15) is 31.0 Å². The van der Waals surface area contributed by atoms with Crippen LogP contribution in [0.2, 0.25) is 0 Å². The van der Waals surface area contributed by atoms with Gasteiger partial charge in [-0.25, -0.2) is 0 Å². The minimum Gasteiger partial charge on any atom is -0.491 e. The fourth-order valence-electron chi connectivity index (χ4n) is 4.82. The van der Waals surface area contributed by atoms with E-state index in [0.29, 0.717) is 30.5 Å². The lowest BCUT2D eigenvalue weighted by molar-refractivity contribution is -0.121. The van der Waals surface area contributed by atoms with E-state index in [-0.39, 0.29) is 18.4 Å². The van der Waals surface area contributed by atoms with Gasteiger partial charge in [-0.05, 0) is 17.7 Å². The van der Waals surface area contributed by atoms with E-state index in [1.54, 1.807) is 4.90 Å². The van der Waals surface area contributed by atoms with Crippen molar-refractivity contribution in [1.82, 2.24) is 5.43 Å². The summed E-state index contributed by atoms with van der Waals surface area (Å²) in [5.41, 5.74) is 6.05. The molecule has 28 heavy (non-hydrogen) atoms. The lowest BCUT2D eigenvalue weighted by Crippen LogP contribution is -2.41. The monoisotopic (exact) mass is 377 g/mol. The molecule has 7 nitrogen and oxygen atoms in total. The van der Waals surface area contributed by atoms with Crippen molar-refractivity contribution in [2.45, 2.75) is 11.3 Å². The van der Waals surface area contributed by atoms with Crippen molar-refractivity contribution in [3.8, 4) is 17.2 Å². The Kier molecular flexibility index (Phi) is 3.05. The van der Waals surface area contributed by atoms with Gasteiger partial charge in [-0.1, -0.05) is 12.1 Å². The average molecular weight is 377 g/mol. The van der Waals surface area contributed by atoms with Crippen LogP contribution in [-0.2, 0) is 10.2 Å². The number of hydrazone groups is 1. The molecule has 7 heteroatoms. The summed E-state index contributed by atoms with van der Waals surface area (Å²) in [4.78, 5) is 15.4. The van der Waals surface area contributed by atoms with Crippen LogP contribution < -0.4 is 24.5 Å². The first-order valence-corrected chi connectivity index (χ1v) is 9.44. The zero-order chi connectivity index (χ0) is 18.9. The molecule has 2 aromatic rings. The molecule has 0 radical (unpaired) electrons. The molecule has 2 aromatic carbocycles. The molecule has 4 aliphatic rings. The molecule has 0 bridgehead atoms. The molecule has 2 atom stereocenters. The SMILES string of the molecule is CN1C(=O)C2(COc3cc4c(cc32)OCCO4)c2c(C3C=NNC3)cccc21. The summed E-state index contributed by atoms with van der Waals surface area (Å²) in [5.74, 6) is 2.16. The molecule has 1 spiro atoms. The van der Waals surface area contributed by atoms with E-state index in [1.165, 1.54) is 0 Å². The predicted molar refractivity (Wildman–Crippen MR) is 103 cm³/mol. The highest BCUT2D eigenvalue weighted by Crippen LogP contribution is 2.56. The van der Waals surface area contributed by atoms with Crippen molar-refractivity contribution < 1.29 is 19.0 Å². The molecule has 1 N–H and O–H groups in total. The second kappa shape index (κ2) is 5.41. The van der Waals surface area contributed by atoms with Crippen LogP contribution in [0.5, 0.6) is 17.2 Å². The van der Waals surface area contributed by atoms with Crippen LogP contribution in [0.1, 0.15) is 22.6 Å². The number of carbonyl (C=O) groups is 1. The lowest BCUT2D eigenvalue weighted by atomic mass is 9.73. The number of nitrogens with one attached hydrogen (secondary N) is 1. The third-order valence-electron chi connectivity index (χ3n) is 6.14. The van der Waals surface area contributed by atoms with E-state index in [1.807, 2.05) is 37.5 Å². The molecule has 0 saturated carbocycles. The Balaban J connectivity index is 1.61. The Morgan fingerprint density at radius 1 is 1.14 bits per heavy atom. The number of ether oxygens (including phenoxy) is 3. The summed E-state index contributed by atoms with van der Waals surface area (Å²) >= 11 is 0. The molecule has 2 unspecified atom stereocenters. The molecule has 0 aromatic heterocycles. The highest BCUT2D eigenvalue weighted by molar-refractivity contribution is 6.12. The molecule has 0 fully saturated rings. The number of benzene rings is 2. The first-order chi connectivity index (χ1) is 13.7. The minimum atomic E-state index is -0.873. The Morgan fingerprint density at radius 3 is 2.75 bits per heavy atom. The lowest BCUT2D eigenvalue weighted by Gasteiger charge is -2.26. The number of carbonyl (C=O) groups excluding carboxylic acids is 1. The van der Waals surface area contributed by atoms with Crippen LogP contribution in [0.25, 0.3) is 0 Å². The molecule has 4 aliphatic heterocycles. The maximum absolute atomic E-state index is 13.6. The summed E-state index contributed by atoms with van der Waals surface area (Å²) in [7, 11) is 1.83. The molecule has 142 valence electrons. The van der Waals surface area contributed by atoms with Crippen molar-refractivity contribution in [2.24, 2.45) is 5.10 Å². The fraction of sp³-hybridized carbons (Fsp3) is 0.333. The molecule has 0 saturated heterocycles. The largest absolute Gasteiger partial charge is 0.491 e. The standard InChI is InChI=1S/C21H19N3O4/c1-24-15-4-2-3-13(12-9-22-23-10-12)19(15)21(20(24)25)11-28-16-8-18-17(7-14(16)21)26-5-6-27-18/h2-4,7-9,12,23H,5-6,10-11H2,1H3. The Hall–Kier alpha value is -3.22. The number of hydrogen-bond acceptors (Lipinski definition) is 6. The molecule has 4 heterocycles. The Labute approximate surface area is 161 Å². The van der Waals surface area contributed by atoms with E-state index in [4.69, 9.17) is 14.2 Å². The number of nitrogens with zero attached hydrogens (tertiary/aromatic N) is 2. The van der Waals surface area contributed by atoms with Crippen molar-refractivity contribution in [1.29, 1.82) is 0 Å². The third-order valence-corrected chi connectivity index (χ3v) is 6.14. The van der Waals surface area contributed by atoms with Crippen LogP contribution in [0.4, 0.5) is 5.69 Å². The molecule has 1 amide bonds. The predicted octanol–water partition coefficient (Wildman–Crippen LogP) is 1.79. The second-order valence-electron chi connectivity index (χ2n) is 7.54. The highest BCUT2D eigenvalue weighted by atomic mass is 16.6. The maximum atomic E-state index is 13.6. The average Bonchev–Trinajstić information content (AvgIpc) is 3.43. The summed E-state index contributed by atoms with van der Waals surface area (Å²) < 4.78 is 17.6. The van der Waals surface area contributed by atoms with Gasteiger partial charge in [0, 0.05) is 48.6 Å². The van der Waals surface area contributed by atoms with E-state index < -0.39 is 5.41 Å². The molecule has 6 rings (SSSR count). The summed E-state index contributed by atoms with van der Waals surface area (Å²) in [6.07, 6.45) is 1.91. The van der Waals surface area contributed by atoms with E-state index in [9.17, 15) is 4.79 Å². The summed E-state index contributed by atoms with van der Waals surface area (Å²) in [6, 6.07) is 9.87. The van der Waals surface area contributed by atoms with E-state index in [2.05, 4.69) is 16.6 Å². The number of rotatable bonds is 1. The summed E-state index contributed by atoms with van der Waals surface area (Å²) in [5, 5.41) is 4.18. The molecule has 0 aliphatic carbocycles. The second-order valence-corrected chi connectivity index (χ2v) is 7.54. The van der Waals surface area contributed by atoms with Gasteiger partial charge in [-0.3, -0.25) is 4.79 Å². The smallest absolute Gasteiger partial charge is 0.245 e. The van der Waals surface area contributed by atoms with Gasteiger partial charge in [0.05, 0.1) is 0 Å². The van der Waals surface area contributed by atoms with Crippen molar-refractivity contribution >= 4 is 17.8 Å². The van der Waals surface area contributed by atoms with Crippen molar-refractivity contribution in [3.63, 3.8) is 0 Å². The van der Waals surface area contributed by atoms with Gasteiger partial charge >= 0.3 is 0 Å². The maximum Gasteiger partial charge on any atom is 0.245 e. The normalized spacial score (nSPS) is 26.2. The fourth-order valence-corrected chi connectivity index (χ4v) is 4.82. The van der Waals surface area contributed by atoms with Gasteiger partial charge in [0.25, 0.3) is 0 Å². The zero-order valence-corrected chi connectivity index (χ0v) is 15.4. The van der Waals surface area contributed by atoms with E-state index >= 15 is 0 Å². The van der Waals surface area contributed by atoms with Gasteiger partial charge < -0.3 is 24.5 Å². The third kappa shape index (κ3) is 1.83. The number of fused-ring (bicyclic) bond motifs is 5. The van der Waals surface area contributed by atoms with Crippen molar-refractivity contribution in [2.75, 3.05) is 38.3 Å². The van der Waals surface area contributed by atoms with Crippen LogP contribution in [0, 0.1) is 0 Å². The topological polar surface area (TPSA) is 72.4 Å². The van der Waals surface area contributed by atoms with Crippen LogP contribution in [0.15, 0.2) is 35.4 Å². The first kappa shape index (κ1) is 15.8. The quantitative estimate of drug-likeness (QED) is 0.820. The number of likely N-dealkylation sites (N-methyl/N-ethyl adjacent to an activating group) is 1. The number of amides is 1. The highest BCUT2D eigenvalue weighted by Gasteiger charge is 2.58. The van der Waals surface area contributed by atoms with Gasteiger partial charge in [-0.2, -0.15) is 5.10 Å². The van der Waals surface area contributed by atoms with Crippen LogP contribution >= 0.6 is 0 Å². The molecular weight excluding hydrogens is 358 g/mol. The van der Waals surface area contributed by atoms with Crippen LogP contribution in [-0.4, -0.2) is 45.5 Å². The van der Waals surface area contributed by atoms with Gasteiger partial charge in [-0.15, -0.1) is 0 Å². The molecular formula is C21H19N3O4. The Morgan fingerprint density at radius 2 is 1.96 bits per heavy atom. The minimum absolute atomic E-state index is 0.0215.